The smallest absolute Gasteiger partial charge is 0.251 e. The summed E-state index contributed by atoms with van der Waals surface area (Å²) >= 11 is 5.88. The molecule has 0 radical (unpaired) electrons. The molecule has 0 spiro atoms. The number of benzene rings is 3. The highest BCUT2D eigenvalue weighted by Gasteiger charge is 2.19. The molecule has 0 saturated carbocycles. The van der Waals surface area contributed by atoms with E-state index < -0.39 is 10.0 Å². The zero-order valence-electron chi connectivity index (χ0n) is 18.4. The molecule has 0 atom stereocenters. The average Bonchev–Trinajstić information content (AvgIpc) is 2.73. The van der Waals surface area contributed by atoms with Crippen molar-refractivity contribution >= 4 is 27.5 Å². The van der Waals surface area contributed by atoms with Gasteiger partial charge in [0.1, 0.15) is 0 Å². The molecule has 0 aliphatic heterocycles. The van der Waals surface area contributed by atoms with Crippen molar-refractivity contribution in [1.29, 1.82) is 0 Å². The second kappa shape index (κ2) is 10.3. The maximum atomic E-state index is 12.8. The van der Waals surface area contributed by atoms with Crippen LogP contribution in [0.3, 0.4) is 0 Å². The molecule has 0 fully saturated rings. The molecule has 0 unspecified atom stereocenters. The van der Waals surface area contributed by atoms with Gasteiger partial charge in [-0.05, 0) is 73.7 Å². The van der Waals surface area contributed by atoms with Crippen LogP contribution in [0.15, 0.2) is 65.6 Å². The number of halogens is 1. The number of hydrogen-bond acceptors (Lipinski definition) is 3. The van der Waals surface area contributed by atoms with E-state index in [1.807, 2.05) is 43.3 Å². The second-order valence-electron chi connectivity index (χ2n) is 7.88. The Labute approximate surface area is 194 Å². The van der Waals surface area contributed by atoms with Crippen LogP contribution >= 0.6 is 11.6 Å². The molecule has 0 heterocycles. The number of amides is 1. The van der Waals surface area contributed by atoms with E-state index in [4.69, 9.17) is 11.6 Å². The highest BCUT2D eigenvalue weighted by atomic mass is 35.5. The lowest BCUT2D eigenvalue weighted by molar-refractivity contribution is 0.0954. The molecule has 7 heteroatoms. The topological polar surface area (TPSA) is 75.3 Å². The molecule has 0 saturated heterocycles. The van der Waals surface area contributed by atoms with E-state index in [1.165, 1.54) is 0 Å². The first-order valence-electron chi connectivity index (χ1n) is 10.3. The molecule has 32 heavy (non-hydrogen) atoms. The molecule has 2 N–H and O–H groups in total. The van der Waals surface area contributed by atoms with Crippen LogP contribution in [0.1, 0.15) is 38.2 Å². The van der Waals surface area contributed by atoms with Gasteiger partial charge in [0, 0.05) is 23.7 Å². The van der Waals surface area contributed by atoms with Crippen LogP contribution in [-0.2, 0) is 23.0 Å². The van der Waals surface area contributed by atoms with Crippen molar-refractivity contribution in [3.63, 3.8) is 0 Å². The van der Waals surface area contributed by atoms with Crippen LogP contribution in [0, 0.1) is 20.8 Å². The summed E-state index contributed by atoms with van der Waals surface area (Å²) in [6.45, 7) is 6.20. The fourth-order valence-corrected chi connectivity index (χ4v) is 5.28. The highest BCUT2D eigenvalue weighted by Crippen LogP contribution is 2.22. The Hall–Kier alpha value is -2.67. The van der Waals surface area contributed by atoms with Crippen molar-refractivity contribution in [2.75, 3.05) is 6.54 Å². The monoisotopic (exact) mass is 470 g/mol. The Balaban J connectivity index is 1.56. The summed E-state index contributed by atoms with van der Waals surface area (Å²) in [4.78, 5) is 12.7. The second-order valence-corrected chi connectivity index (χ2v) is 10.0. The molecule has 168 valence electrons. The van der Waals surface area contributed by atoms with Gasteiger partial charge in [0.15, 0.2) is 0 Å². The summed E-state index contributed by atoms with van der Waals surface area (Å²) in [6, 6.07) is 18.2. The fraction of sp³-hybridized carbons (Fsp3) is 0.240. The third-order valence-electron chi connectivity index (χ3n) is 5.17. The minimum absolute atomic E-state index is 0.146. The number of sulfonamides is 1. The van der Waals surface area contributed by atoms with E-state index in [0.717, 1.165) is 27.8 Å². The Morgan fingerprint density at radius 3 is 2.03 bits per heavy atom. The summed E-state index contributed by atoms with van der Waals surface area (Å²) < 4.78 is 28.3. The lowest BCUT2D eigenvalue weighted by atomic mass is 10.1. The van der Waals surface area contributed by atoms with Gasteiger partial charge in [0.2, 0.25) is 10.0 Å². The average molecular weight is 471 g/mol. The molecular weight excluding hydrogens is 444 g/mol. The number of hydrogen-bond donors (Lipinski definition) is 2. The van der Waals surface area contributed by atoms with Crippen LogP contribution < -0.4 is 10.0 Å². The first-order valence-corrected chi connectivity index (χ1v) is 12.2. The zero-order chi connectivity index (χ0) is 23.3. The van der Waals surface area contributed by atoms with Gasteiger partial charge in [-0.2, -0.15) is 0 Å². The summed E-state index contributed by atoms with van der Waals surface area (Å²) in [5, 5.41) is 3.58. The largest absolute Gasteiger partial charge is 0.352 e. The van der Waals surface area contributed by atoms with Gasteiger partial charge in [-0.15, -0.1) is 0 Å². The molecule has 3 rings (SSSR count). The maximum absolute atomic E-state index is 12.8. The van der Waals surface area contributed by atoms with Crippen LogP contribution in [0.5, 0.6) is 0 Å². The quantitative estimate of drug-likeness (QED) is 0.500. The van der Waals surface area contributed by atoms with Gasteiger partial charge in [-0.3, -0.25) is 4.79 Å². The Bertz CT molecular complexity index is 1180. The highest BCUT2D eigenvalue weighted by molar-refractivity contribution is 7.89. The van der Waals surface area contributed by atoms with Gasteiger partial charge in [0.25, 0.3) is 5.91 Å². The summed E-state index contributed by atoms with van der Waals surface area (Å²) in [6.07, 6.45) is 0.709. The Morgan fingerprint density at radius 2 is 1.44 bits per heavy atom. The summed E-state index contributed by atoms with van der Waals surface area (Å²) in [5.41, 5.74) is 4.87. The molecule has 1 amide bonds. The van der Waals surface area contributed by atoms with Gasteiger partial charge in [-0.1, -0.05) is 53.6 Å². The van der Waals surface area contributed by atoms with E-state index in [1.54, 1.807) is 38.1 Å². The Morgan fingerprint density at radius 1 is 0.875 bits per heavy atom. The first-order chi connectivity index (χ1) is 15.2. The minimum Gasteiger partial charge on any atom is -0.352 e. The molecule has 3 aromatic carbocycles. The van der Waals surface area contributed by atoms with Crippen molar-refractivity contribution < 1.29 is 13.2 Å². The van der Waals surface area contributed by atoms with Crippen LogP contribution in [0.4, 0.5) is 0 Å². The number of rotatable bonds is 8. The molecule has 0 aliphatic rings. The lowest BCUT2D eigenvalue weighted by Crippen LogP contribution is -2.26. The van der Waals surface area contributed by atoms with E-state index in [-0.39, 0.29) is 12.5 Å². The van der Waals surface area contributed by atoms with Crippen LogP contribution in [0.25, 0.3) is 0 Å². The molecule has 5 nitrogen and oxygen atoms in total. The molecule has 0 bridgehead atoms. The normalized spacial score (nSPS) is 11.4. The zero-order valence-corrected chi connectivity index (χ0v) is 20.0. The molecule has 0 aliphatic carbocycles. The van der Waals surface area contributed by atoms with Crippen LogP contribution in [0.2, 0.25) is 5.02 Å². The third-order valence-corrected chi connectivity index (χ3v) is 7.13. The maximum Gasteiger partial charge on any atom is 0.251 e. The van der Waals surface area contributed by atoms with E-state index in [9.17, 15) is 13.2 Å². The van der Waals surface area contributed by atoms with Gasteiger partial charge < -0.3 is 5.32 Å². The van der Waals surface area contributed by atoms with Crippen molar-refractivity contribution in [1.82, 2.24) is 10.0 Å². The molecule has 3 aromatic rings. The minimum atomic E-state index is -3.64. The summed E-state index contributed by atoms with van der Waals surface area (Å²) in [5.74, 6) is -0.169. The predicted octanol–water partition coefficient (Wildman–Crippen LogP) is 4.72. The SMILES string of the molecule is Cc1cc(C)c(S(=O)(=O)NCc2ccc(C(=O)NCCc3ccc(Cl)cc3)cc2)c(C)c1. The van der Waals surface area contributed by atoms with Gasteiger partial charge >= 0.3 is 0 Å². The van der Waals surface area contributed by atoms with Gasteiger partial charge in [-0.25, -0.2) is 13.1 Å². The predicted molar refractivity (Wildman–Crippen MR) is 129 cm³/mol. The molecule has 0 aromatic heterocycles. The molecular formula is C25H27ClN2O3S. The van der Waals surface area contributed by atoms with E-state index in [2.05, 4.69) is 10.0 Å². The third kappa shape index (κ3) is 6.19. The Kier molecular flexibility index (Phi) is 7.72. The lowest BCUT2D eigenvalue weighted by Gasteiger charge is -2.13. The fourth-order valence-electron chi connectivity index (χ4n) is 3.69. The van der Waals surface area contributed by atoms with E-state index in [0.29, 0.717) is 28.4 Å². The number of carbonyl (C=O) groups excluding carboxylic acids is 1. The standard InChI is InChI=1S/C25H27ClN2O3S/c1-17-14-18(2)24(19(3)15-17)32(30,31)28-16-21-4-8-22(9-5-21)25(29)27-13-12-20-6-10-23(26)11-7-20/h4-11,14-15,28H,12-13,16H2,1-3H3,(H,27,29). The number of aryl methyl sites for hydroxylation is 3. The van der Waals surface area contributed by atoms with Crippen molar-refractivity contribution in [3.05, 3.63) is 99.1 Å². The van der Waals surface area contributed by atoms with Crippen LogP contribution in [-0.4, -0.2) is 20.9 Å². The van der Waals surface area contributed by atoms with Crippen molar-refractivity contribution in [2.24, 2.45) is 0 Å². The van der Waals surface area contributed by atoms with Gasteiger partial charge in [0.05, 0.1) is 4.90 Å². The van der Waals surface area contributed by atoms with E-state index >= 15 is 0 Å². The number of nitrogens with one attached hydrogen (secondary N) is 2. The van der Waals surface area contributed by atoms with Crippen molar-refractivity contribution in [3.8, 4) is 0 Å². The van der Waals surface area contributed by atoms with Crippen molar-refractivity contribution in [2.45, 2.75) is 38.6 Å². The first kappa shape index (κ1) is 24.0. The summed E-state index contributed by atoms with van der Waals surface area (Å²) in [7, 11) is -3.64. The number of carbonyl (C=O) groups is 1.